The lowest BCUT2D eigenvalue weighted by atomic mass is 10.1. The molecule has 0 aliphatic heterocycles. The summed E-state index contributed by atoms with van der Waals surface area (Å²) in [6, 6.07) is 0. The highest BCUT2D eigenvalue weighted by atomic mass is 17.2. The van der Waals surface area contributed by atoms with Gasteiger partial charge in [-0.05, 0) is 53.4 Å². The largest absolute Gasteiger partial charge is 0.236 e. The molecule has 0 N–H and O–H groups in total. The van der Waals surface area contributed by atoms with E-state index in [1.807, 2.05) is 27.7 Å². The highest BCUT2D eigenvalue weighted by Crippen LogP contribution is 2.15. The molecule has 0 aliphatic rings. The molecule has 0 unspecified atom stereocenters. The lowest BCUT2D eigenvalue weighted by Gasteiger charge is -2.22. The van der Waals surface area contributed by atoms with Crippen molar-refractivity contribution in [2.45, 2.75) is 78.4 Å². The maximum Gasteiger partial charge on any atom is 0.0977 e. The fourth-order valence-corrected chi connectivity index (χ4v) is 0.842. The zero-order valence-corrected chi connectivity index (χ0v) is 12.9. The Hall–Kier alpha value is -0.160. The predicted octanol–water partition coefficient (Wildman–Crippen LogP) is 4.04. The Balaban J connectivity index is 3.32. The van der Waals surface area contributed by atoms with Crippen LogP contribution in [0, 0.1) is 0 Å². The molecule has 0 aliphatic carbocycles. The van der Waals surface area contributed by atoms with Gasteiger partial charge in [-0.2, -0.15) is 0 Å². The summed E-state index contributed by atoms with van der Waals surface area (Å²) in [5.74, 6) is 0. The van der Waals surface area contributed by atoms with E-state index in [1.165, 1.54) is 0 Å². The minimum atomic E-state index is -0.204. The van der Waals surface area contributed by atoms with E-state index < -0.39 is 0 Å². The molecular formula is C14H30O4. The monoisotopic (exact) mass is 262 g/mol. The van der Waals surface area contributed by atoms with E-state index in [4.69, 9.17) is 19.6 Å². The molecule has 0 aromatic rings. The molecule has 4 nitrogen and oxygen atoms in total. The summed E-state index contributed by atoms with van der Waals surface area (Å²) in [5.41, 5.74) is -0.407. The standard InChI is InChI=1S/C14H30O4/c1-7-13(3,4)17-15-11-9-10-12-16-18-14(5,6)8-2/h7-12H2,1-6H3. The second-order valence-corrected chi connectivity index (χ2v) is 5.74. The summed E-state index contributed by atoms with van der Waals surface area (Å²) in [4.78, 5) is 20.9. The van der Waals surface area contributed by atoms with Crippen LogP contribution in [0.25, 0.3) is 0 Å². The molecule has 0 radical (unpaired) electrons. The summed E-state index contributed by atoms with van der Waals surface area (Å²) in [7, 11) is 0. The van der Waals surface area contributed by atoms with Crippen molar-refractivity contribution in [2.75, 3.05) is 13.2 Å². The van der Waals surface area contributed by atoms with Gasteiger partial charge < -0.3 is 0 Å². The van der Waals surface area contributed by atoms with Crippen LogP contribution in [0.2, 0.25) is 0 Å². The Labute approximate surface area is 112 Å². The summed E-state index contributed by atoms with van der Waals surface area (Å²) in [5, 5.41) is 0. The predicted molar refractivity (Wildman–Crippen MR) is 72.0 cm³/mol. The topological polar surface area (TPSA) is 36.9 Å². The number of rotatable bonds is 11. The highest BCUT2D eigenvalue weighted by molar-refractivity contribution is 4.62. The Morgan fingerprint density at radius 3 is 1.28 bits per heavy atom. The van der Waals surface area contributed by atoms with Crippen molar-refractivity contribution in [1.82, 2.24) is 0 Å². The van der Waals surface area contributed by atoms with Gasteiger partial charge in [-0.1, -0.05) is 13.8 Å². The molecule has 0 amide bonds. The Kier molecular flexibility index (Phi) is 8.78. The van der Waals surface area contributed by atoms with Crippen molar-refractivity contribution in [1.29, 1.82) is 0 Å². The first kappa shape index (κ1) is 17.8. The third-order valence-corrected chi connectivity index (χ3v) is 2.98. The van der Waals surface area contributed by atoms with Crippen LogP contribution in [0.3, 0.4) is 0 Å². The van der Waals surface area contributed by atoms with Crippen LogP contribution in [0.1, 0.15) is 67.2 Å². The third kappa shape index (κ3) is 9.83. The van der Waals surface area contributed by atoms with Crippen LogP contribution in [0.5, 0.6) is 0 Å². The van der Waals surface area contributed by atoms with E-state index in [1.54, 1.807) is 0 Å². The molecule has 0 rings (SSSR count). The molecule has 0 saturated carbocycles. The van der Waals surface area contributed by atoms with Gasteiger partial charge in [0, 0.05) is 0 Å². The molecule has 0 heterocycles. The molecule has 0 aromatic carbocycles. The molecule has 0 fully saturated rings. The third-order valence-electron chi connectivity index (χ3n) is 2.98. The maximum absolute atomic E-state index is 5.28. The SMILES string of the molecule is CCC(C)(C)OOCCCCOOC(C)(C)CC. The fourth-order valence-electron chi connectivity index (χ4n) is 0.842. The Morgan fingerprint density at radius 1 is 0.667 bits per heavy atom. The van der Waals surface area contributed by atoms with E-state index >= 15 is 0 Å². The zero-order valence-electron chi connectivity index (χ0n) is 12.9. The molecular weight excluding hydrogens is 232 g/mol. The molecule has 0 bridgehead atoms. The van der Waals surface area contributed by atoms with Crippen LogP contribution >= 0.6 is 0 Å². The van der Waals surface area contributed by atoms with E-state index in [2.05, 4.69) is 13.8 Å². The first-order chi connectivity index (χ1) is 8.33. The van der Waals surface area contributed by atoms with Gasteiger partial charge in [0.15, 0.2) is 0 Å². The van der Waals surface area contributed by atoms with E-state index in [0.717, 1.165) is 25.7 Å². The minimum Gasteiger partial charge on any atom is -0.236 e. The highest BCUT2D eigenvalue weighted by Gasteiger charge is 2.17. The first-order valence-corrected chi connectivity index (χ1v) is 6.94. The number of hydrogen-bond donors (Lipinski definition) is 0. The summed E-state index contributed by atoms with van der Waals surface area (Å²) in [6.45, 7) is 13.4. The van der Waals surface area contributed by atoms with Crippen molar-refractivity contribution in [3.8, 4) is 0 Å². The minimum absolute atomic E-state index is 0.204. The van der Waals surface area contributed by atoms with Gasteiger partial charge in [0.2, 0.25) is 0 Å². The van der Waals surface area contributed by atoms with Gasteiger partial charge in [0.25, 0.3) is 0 Å². The van der Waals surface area contributed by atoms with Crippen molar-refractivity contribution >= 4 is 0 Å². The average molecular weight is 262 g/mol. The zero-order chi connectivity index (χ0) is 14.1. The molecule has 110 valence electrons. The molecule has 18 heavy (non-hydrogen) atoms. The van der Waals surface area contributed by atoms with Crippen LogP contribution < -0.4 is 0 Å². The second-order valence-electron chi connectivity index (χ2n) is 5.74. The van der Waals surface area contributed by atoms with Crippen LogP contribution in [0.15, 0.2) is 0 Å². The Bertz CT molecular complexity index is 180. The van der Waals surface area contributed by atoms with Gasteiger partial charge in [0.05, 0.1) is 24.4 Å². The van der Waals surface area contributed by atoms with E-state index in [0.29, 0.717) is 13.2 Å². The molecule has 0 spiro atoms. The Morgan fingerprint density at radius 2 is 1.00 bits per heavy atom. The van der Waals surface area contributed by atoms with Gasteiger partial charge in [0.1, 0.15) is 0 Å². The van der Waals surface area contributed by atoms with E-state index in [9.17, 15) is 0 Å². The first-order valence-electron chi connectivity index (χ1n) is 6.94. The molecule has 4 heteroatoms. The maximum atomic E-state index is 5.28. The summed E-state index contributed by atoms with van der Waals surface area (Å²) < 4.78 is 0. The molecule has 0 saturated heterocycles. The number of hydrogen-bond acceptors (Lipinski definition) is 4. The van der Waals surface area contributed by atoms with Gasteiger partial charge in [-0.15, -0.1) is 0 Å². The summed E-state index contributed by atoms with van der Waals surface area (Å²) in [6.07, 6.45) is 3.65. The summed E-state index contributed by atoms with van der Waals surface area (Å²) >= 11 is 0. The quantitative estimate of drug-likeness (QED) is 0.320. The van der Waals surface area contributed by atoms with Crippen molar-refractivity contribution in [3.63, 3.8) is 0 Å². The van der Waals surface area contributed by atoms with Crippen LogP contribution in [-0.4, -0.2) is 24.4 Å². The van der Waals surface area contributed by atoms with Gasteiger partial charge >= 0.3 is 0 Å². The smallest absolute Gasteiger partial charge is 0.0977 e. The van der Waals surface area contributed by atoms with Gasteiger partial charge in [-0.3, -0.25) is 0 Å². The van der Waals surface area contributed by atoms with Gasteiger partial charge in [-0.25, -0.2) is 19.6 Å². The normalized spacial score (nSPS) is 13.0. The number of unbranched alkanes of at least 4 members (excludes halogenated alkanes) is 1. The molecule has 0 atom stereocenters. The van der Waals surface area contributed by atoms with Crippen LogP contribution in [0.4, 0.5) is 0 Å². The lowest BCUT2D eigenvalue weighted by molar-refractivity contribution is -0.360. The fraction of sp³-hybridized carbons (Fsp3) is 1.00. The second kappa shape index (κ2) is 8.86. The van der Waals surface area contributed by atoms with E-state index in [-0.39, 0.29) is 11.2 Å². The van der Waals surface area contributed by atoms with Crippen molar-refractivity contribution < 1.29 is 19.6 Å². The average Bonchev–Trinajstić information content (AvgIpc) is 2.32. The van der Waals surface area contributed by atoms with Crippen LogP contribution in [-0.2, 0) is 19.6 Å². The molecule has 0 aromatic heterocycles. The van der Waals surface area contributed by atoms with Crippen molar-refractivity contribution in [2.24, 2.45) is 0 Å². The lowest BCUT2D eigenvalue weighted by Crippen LogP contribution is -2.24. The van der Waals surface area contributed by atoms with Crippen molar-refractivity contribution in [3.05, 3.63) is 0 Å².